The third kappa shape index (κ3) is 4.51. The van der Waals surface area contributed by atoms with Gasteiger partial charge in [0.2, 0.25) is 0 Å². The number of fused-ring (bicyclic) bond motifs is 1. The monoisotopic (exact) mass is 462 g/mol. The highest BCUT2D eigenvalue weighted by molar-refractivity contribution is 6.07. The van der Waals surface area contributed by atoms with Gasteiger partial charge in [0.15, 0.2) is 0 Å². The van der Waals surface area contributed by atoms with Crippen molar-refractivity contribution < 1.29 is 9.59 Å². The lowest BCUT2D eigenvalue weighted by atomic mass is 9.84. The molecule has 3 amide bonds. The van der Waals surface area contributed by atoms with E-state index < -0.39 is 5.54 Å². The summed E-state index contributed by atoms with van der Waals surface area (Å²) in [6.07, 6.45) is 0.812. The lowest BCUT2D eigenvalue weighted by Crippen LogP contribution is -2.51. The zero-order chi connectivity index (χ0) is 24.4. The molecule has 1 aliphatic rings. The van der Waals surface area contributed by atoms with Gasteiger partial charge in [-0.3, -0.25) is 15.1 Å². The van der Waals surface area contributed by atoms with Gasteiger partial charge in [0.05, 0.1) is 6.54 Å². The number of rotatable bonds is 7. The molecular weight excluding hydrogens is 436 g/mol. The quantitative estimate of drug-likeness (QED) is 0.216. The van der Waals surface area contributed by atoms with Crippen molar-refractivity contribution in [3.63, 3.8) is 0 Å². The van der Waals surface area contributed by atoms with Crippen LogP contribution in [0.25, 0.3) is 10.8 Å². The molecule has 5 rings (SSSR count). The Hall–Kier alpha value is -4.45. The van der Waals surface area contributed by atoms with E-state index in [2.05, 4.69) is 5.32 Å². The number of hydrogen-bond donors (Lipinski definition) is 3. The van der Waals surface area contributed by atoms with E-state index in [9.17, 15) is 9.59 Å². The molecule has 4 N–H and O–H groups in total. The maximum absolute atomic E-state index is 13.9. The first-order valence-corrected chi connectivity index (χ1v) is 11.5. The molecule has 0 bridgehead atoms. The van der Waals surface area contributed by atoms with E-state index in [-0.39, 0.29) is 24.3 Å². The third-order valence-corrected chi connectivity index (χ3v) is 6.50. The molecule has 0 atom stereocenters. The second-order valence-corrected chi connectivity index (χ2v) is 9.04. The molecule has 0 radical (unpaired) electrons. The minimum Gasteiger partial charge on any atom is -0.384 e. The number of imide groups is 1. The van der Waals surface area contributed by atoms with Crippen LogP contribution in [0.5, 0.6) is 0 Å². The molecule has 174 valence electrons. The highest BCUT2D eigenvalue weighted by Gasteiger charge is 2.51. The SMILES string of the molecule is N=C(N)c1ccc2ccc(CN3C(=O)NC(Cc4ccccc4)(Cc4ccccc4)C3=O)cc2c1. The van der Waals surface area contributed by atoms with Crippen LogP contribution >= 0.6 is 0 Å². The zero-order valence-electron chi connectivity index (χ0n) is 19.2. The molecule has 0 aromatic heterocycles. The second kappa shape index (κ2) is 9.06. The largest absolute Gasteiger partial charge is 0.384 e. The van der Waals surface area contributed by atoms with Gasteiger partial charge >= 0.3 is 6.03 Å². The van der Waals surface area contributed by atoms with Gasteiger partial charge in [0.1, 0.15) is 11.4 Å². The number of carbonyl (C=O) groups is 2. The van der Waals surface area contributed by atoms with E-state index in [1.165, 1.54) is 4.90 Å². The Morgan fingerprint density at radius 3 is 1.97 bits per heavy atom. The van der Waals surface area contributed by atoms with Crippen molar-refractivity contribution in [1.82, 2.24) is 10.2 Å². The van der Waals surface area contributed by atoms with E-state index in [1.54, 1.807) is 0 Å². The van der Waals surface area contributed by atoms with Crippen LogP contribution in [0.2, 0.25) is 0 Å². The van der Waals surface area contributed by atoms with E-state index in [1.807, 2.05) is 97.1 Å². The fourth-order valence-electron chi connectivity index (χ4n) is 4.76. The maximum atomic E-state index is 13.9. The van der Waals surface area contributed by atoms with E-state index in [4.69, 9.17) is 11.1 Å². The van der Waals surface area contributed by atoms with E-state index >= 15 is 0 Å². The fourth-order valence-corrected chi connectivity index (χ4v) is 4.76. The molecule has 35 heavy (non-hydrogen) atoms. The second-order valence-electron chi connectivity index (χ2n) is 9.04. The molecule has 1 heterocycles. The number of nitrogens with two attached hydrogens (primary N) is 1. The zero-order valence-corrected chi connectivity index (χ0v) is 19.2. The maximum Gasteiger partial charge on any atom is 0.325 e. The van der Waals surface area contributed by atoms with Crippen molar-refractivity contribution in [3.8, 4) is 0 Å². The van der Waals surface area contributed by atoms with Crippen molar-refractivity contribution in [2.24, 2.45) is 5.73 Å². The number of benzene rings is 4. The number of nitrogen functional groups attached to an aromatic ring is 1. The molecule has 1 fully saturated rings. The van der Waals surface area contributed by atoms with Gasteiger partial charge in [-0.25, -0.2) is 4.79 Å². The molecule has 0 aliphatic carbocycles. The van der Waals surface area contributed by atoms with Crippen molar-refractivity contribution >= 4 is 28.5 Å². The van der Waals surface area contributed by atoms with Crippen LogP contribution in [0.4, 0.5) is 4.79 Å². The Kier molecular flexibility index (Phi) is 5.79. The number of amides is 3. The highest BCUT2D eigenvalue weighted by Crippen LogP contribution is 2.29. The van der Waals surface area contributed by atoms with Crippen LogP contribution in [0.1, 0.15) is 22.3 Å². The summed E-state index contributed by atoms with van der Waals surface area (Å²) in [5.74, 6) is -0.231. The first kappa shape index (κ1) is 22.3. The molecule has 1 saturated heterocycles. The van der Waals surface area contributed by atoms with Gasteiger partial charge in [0, 0.05) is 18.4 Å². The van der Waals surface area contributed by atoms with Crippen LogP contribution in [-0.4, -0.2) is 28.2 Å². The van der Waals surface area contributed by atoms with Gasteiger partial charge in [-0.15, -0.1) is 0 Å². The molecule has 4 aromatic rings. The topological polar surface area (TPSA) is 99.3 Å². The van der Waals surface area contributed by atoms with Crippen molar-refractivity contribution in [2.75, 3.05) is 0 Å². The van der Waals surface area contributed by atoms with E-state index in [0.29, 0.717) is 18.4 Å². The summed E-state index contributed by atoms with van der Waals surface area (Å²) in [7, 11) is 0. The Bertz CT molecular complexity index is 1380. The smallest absolute Gasteiger partial charge is 0.325 e. The highest BCUT2D eigenvalue weighted by atomic mass is 16.2. The lowest BCUT2D eigenvalue weighted by molar-refractivity contribution is -0.131. The summed E-state index contributed by atoms with van der Waals surface area (Å²) in [4.78, 5) is 28.3. The fraction of sp³-hybridized carbons (Fsp3) is 0.138. The predicted octanol–water partition coefficient (Wildman–Crippen LogP) is 4.40. The molecule has 1 aliphatic heterocycles. The summed E-state index contributed by atoms with van der Waals surface area (Å²) in [6, 6.07) is 30.5. The summed E-state index contributed by atoms with van der Waals surface area (Å²) in [5.41, 5.74) is 8.03. The molecule has 4 aromatic carbocycles. The lowest BCUT2D eigenvalue weighted by Gasteiger charge is -2.27. The van der Waals surface area contributed by atoms with Crippen molar-refractivity contribution in [2.45, 2.75) is 24.9 Å². The molecule has 0 unspecified atom stereocenters. The molecular formula is C29H26N4O2. The Morgan fingerprint density at radius 2 is 1.37 bits per heavy atom. The van der Waals surface area contributed by atoms with Gasteiger partial charge in [-0.1, -0.05) is 84.9 Å². The number of urea groups is 1. The van der Waals surface area contributed by atoms with Gasteiger partial charge in [0.25, 0.3) is 5.91 Å². The number of carbonyl (C=O) groups excluding carboxylic acids is 2. The minimum absolute atomic E-state index is 0.00184. The third-order valence-electron chi connectivity index (χ3n) is 6.50. The van der Waals surface area contributed by atoms with Crippen molar-refractivity contribution in [1.29, 1.82) is 5.41 Å². The normalized spacial score (nSPS) is 14.8. The summed E-state index contributed by atoms with van der Waals surface area (Å²) >= 11 is 0. The molecule has 0 saturated carbocycles. The van der Waals surface area contributed by atoms with Crippen molar-refractivity contribution in [3.05, 3.63) is 119 Å². The molecule has 0 spiro atoms. The van der Waals surface area contributed by atoms with Gasteiger partial charge < -0.3 is 11.1 Å². The summed E-state index contributed by atoms with van der Waals surface area (Å²) in [5, 5.41) is 12.6. The van der Waals surface area contributed by atoms with Crippen LogP contribution < -0.4 is 11.1 Å². The number of nitrogens with zero attached hydrogens (tertiary/aromatic N) is 1. The average Bonchev–Trinajstić information content (AvgIpc) is 3.08. The summed E-state index contributed by atoms with van der Waals surface area (Å²) in [6.45, 7) is 0.163. The predicted molar refractivity (Wildman–Crippen MR) is 137 cm³/mol. The number of nitrogens with one attached hydrogen (secondary N) is 2. The molecule has 6 nitrogen and oxygen atoms in total. The van der Waals surface area contributed by atoms with E-state index in [0.717, 1.165) is 27.5 Å². The van der Waals surface area contributed by atoms with Crippen LogP contribution in [0, 0.1) is 5.41 Å². The first-order valence-electron chi connectivity index (χ1n) is 11.5. The van der Waals surface area contributed by atoms with Crippen LogP contribution in [-0.2, 0) is 24.2 Å². The average molecular weight is 463 g/mol. The van der Waals surface area contributed by atoms with Crippen LogP contribution in [0.3, 0.4) is 0 Å². The Morgan fingerprint density at radius 1 is 0.771 bits per heavy atom. The summed E-state index contributed by atoms with van der Waals surface area (Å²) < 4.78 is 0. The van der Waals surface area contributed by atoms with Crippen LogP contribution in [0.15, 0.2) is 97.1 Å². The van der Waals surface area contributed by atoms with Gasteiger partial charge in [-0.2, -0.15) is 0 Å². The number of hydrogen-bond acceptors (Lipinski definition) is 3. The Balaban J connectivity index is 1.46. The first-order chi connectivity index (χ1) is 16.9. The van der Waals surface area contributed by atoms with Gasteiger partial charge in [-0.05, 0) is 39.6 Å². The number of amidine groups is 1. The molecule has 6 heteroatoms. The Labute approximate surface area is 203 Å². The minimum atomic E-state index is -1.06. The standard InChI is InChI=1S/C29H26N4O2/c30-26(31)24-14-13-23-12-11-22(15-25(23)16-24)19-33-27(34)29(32-28(33)35,17-20-7-3-1-4-8-20)18-21-9-5-2-6-10-21/h1-16H,17-19H2,(H3,30,31)(H,32,35).